The minimum atomic E-state index is -4.60. The van der Waals surface area contributed by atoms with Gasteiger partial charge in [0, 0.05) is 22.8 Å². The summed E-state index contributed by atoms with van der Waals surface area (Å²) in [5.41, 5.74) is 4.60. The maximum absolute atomic E-state index is 12.8. The Morgan fingerprint density at radius 3 is 2.42 bits per heavy atom. The first-order valence-corrected chi connectivity index (χ1v) is 8.80. The third-order valence-corrected chi connectivity index (χ3v) is 4.94. The highest BCUT2D eigenvalue weighted by atomic mass is 32.2. The lowest BCUT2D eigenvalue weighted by Crippen LogP contribution is -2.29. The highest BCUT2D eigenvalue weighted by Crippen LogP contribution is 2.40. The van der Waals surface area contributed by atoms with E-state index in [1.54, 1.807) is 0 Å². The van der Waals surface area contributed by atoms with Crippen LogP contribution in [0.25, 0.3) is 0 Å². The van der Waals surface area contributed by atoms with Crippen molar-refractivity contribution >= 4 is 16.6 Å². The minimum Gasteiger partial charge on any atom is -0.402 e. The van der Waals surface area contributed by atoms with Crippen LogP contribution in [0.2, 0.25) is 0 Å². The van der Waals surface area contributed by atoms with Crippen molar-refractivity contribution in [3.05, 3.63) is 41.6 Å². The second kappa shape index (κ2) is 6.68. The summed E-state index contributed by atoms with van der Waals surface area (Å²) < 4.78 is 50.4. The second-order valence-corrected chi connectivity index (χ2v) is 7.23. The molecule has 3 N–H and O–H groups in total. The molecule has 1 fully saturated rings. The van der Waals surface area contributed by atoms with Gasteiger partial charge >= 0.3 is 6.18 Å². The molecule has 0 spiro atoms. The molecule has 0 bridgehead atoms. The number of hydrogen-bond acceptors (Lipinski definition) is 4. The molecule has 24 heavy (non-hydrogen) atoms. The fourth-order valence-electron chi connectivity index (χ4n) is 2.55. The first-order valence-electron chi connectivity index (χ1n) is 7.24. The molecular formula is C16H18F3NO3S. The Bertz CT molecular complexity index is 698. The zero-order valence-electron chi connectivity index (χ0n) is 13.0. The molecular weight excluding hydrogens is 343 g/mol. The normalized spacial score (nSPS) is 18.7. The van der Waals surface area contributed by atoms with E-state index in [4.69, 9.17) is 5.73 Å². The molecule has 3 atom stereocenters. The Kier molecular flexibility index (Phi) is 5.19. The molecule has 2 rings (SSSR count). The van der Waals surface area contributed by atoms with Crippen LogP contribution in [0.15, 0.2) is 35.4 Å². The van der Waals surface area contributed by atoms with Crippen LogP contribution in [0.5, 0.6) is 0 Å². The molecule has 0 saturated heterocycles. The van der Waals surface area contributed by atoms with Crippen molar-refractivity contribution in [2.75, 3.05) is 6.26 Å². The average Bonchev–Trinajstić information content (AvgIpc) is 3.29. The van der Waals surface area contributed by atoms with E-state index in [2.05, 4.69) is 6.58 Å². The number of benzene rings is 1. The van der Waals surface area contributed by atoms with Crippen molar-refractivity contribution < 1.29 is 27.3 Å². The summed E-state index contributed by atoms with van der Waals surface area (Å²) in [7, 11) is -1.79. The summed E-state index contributed by atoms with van der Waals surface area (Å²) in [4.78, 5) is 12.1. The predicted octanol–water partition coefficient (Wildman–Crippen LogP) is 2.54. The standard InChI is InChI=1S/C16H18F3NO3S/c1-8(20)13(14(21)9-3-4-9)15(22)11-6-5-10(16(17,18)19)7-12(11)24(2)23/h5-7,9,13,15,22H,1,3-4,20H2,2H3. The fraction of sp³-hybridized carbons (Fsp3) is 0.438. The summed E-state index contributed by atoms with van der Waals surface area (Å²) >= 11 is 0. The van der Waals surface area contributed by atoms with E-state index in [0.717, 1.165) is 18.2 Å². The average molecular weight is 361 g/mol. The van der Waals surface area contributed by atoms with Gasteiger partial charge in [0.05, 0.1) is 28.4 Å². The van der Waals surface area contributed by atoms with E-state index in [0.29, 0.717) is 12.8 Å². The van der Waals surface area contributed by atoms with Gasteiger partial charge in [0.25, 0.3) is 0 Å². The molecule has 0 aromatic heterocycles. The summed E-state index contributed by atoms with van der Waals surface area (Å²) in [6.07, 6.45) is -3.50. The number of alkyl halides is 3. The van der Waals surface area contributed by atoms with Crippen LogP contribution in [0.3, 0.4) is 0 Å². The van der Waals surface area contributed by atoms with E-state index in [1.807, 2.05) is 0 Å². The lowest BCUT2D eigenvalue weighted by atomic mass is 9.87. The Hall–Kier alpha value is -1.67. The van der Waals surface area contributed by atoms with E-state index >= 15 is 0 Å². The van der Waals surface area contributed by atoms with E-state index in [9.17, 15) is 27.3 Å². The lowest BCUT2D eigenvalue weighted by Gasteiger charge is -2.24. The highest BCUT2D eigenvalue weighted by Gasteiger charge is 2.40. The smallest absolute Gasteiger partial charge is 0.402 e. The molecule has 1 aliphatic carbocycles. The zero-order valence-corrected chi connectivity index (χ0v) is 13.8. The van der Waals surface area contributed by atoms with Gasteiger partial charge in [-0.2, -0.15) is 13.2 Å². The van der Waals surface area contributed by atoms with Gasteiger partial charge in [0.1, 0.15) is 5.78 Å². The van der Waals surface area contributed by atoms with E-state index < -0.39 is 34.6 Å². The quantitative estimate of drug-likeness (QED) is 0.816. The molecule has 3 unspecified atom stereocenters. The van der Waals surface area contributed by atoms with Crippen molar-refractivity contribution in [2.45, 2.75) is 30.0 Å². The Morgan fingerprint density at radius 2 is 2.00 bits per heavy atom. The summed E-state index contributed by atoms with van der Waals surface area (Å²) in [6.45, 7) is 3.51. The van der Waals surface area contributed by atoms with Crippen molar-refractivity contribution in [3.8, 4) is 0 Å². The Morgan fingerprint density at radius 1 is 1.42 bits per heavy atom. The van der Waals surface area contributed by atoms with Gasteiger partial charge < -0.3 is 10.8 Å². The monoisotopic (exact) mass is 361 g/mol. The summed E-state index contributed by atoms with van der Waals surface area (Å²) in [6, 6.07) is 2.56. The molecule has 1 aliphatic rings. The number of carbonyl (C=O) groups excluding carboxylic acids is 1. The molecule has 8 heteroatoms. The van der Waals surface area contributed by atoms with Crippen LogP contribution < -0.4 is 5.73 Å². The number of aliphatic hydroxyl groups is 1. The van der Waals surface area contributed by atoms with Crippen LogP contribution in [0.4, 0.5) is 13.2 Å². The van der Waals surface area contributed by atoms with Gasteiger partial charge in [-0.15, -0.1) is 0 Å². The predicted molar refractivity (Wildman–Crippen MR) is 83.3 cm³/mol. The van der Waals surface area contributed by atoms with Crippen LogP contribution >= 0.6 is 0 Å². The second-order valence-electron chi connectivity index (χ2n) is 5.88. The fourth-order valence-corrected chi connectivity index (χ4v) is 3.36. The summed E-state index contributed by atoms with van der Waals surface area (Å²) in [5.74, 6) is -1.63. The van der Waals surface area contributed by atoms with Crippen LogP contribution in [-0.2, 0) is 21.8 Å². The number of carbonyl (C=O) groups is 1. The van der Waals surface area contributed by atoms with Gasteiger partial charge in [-0.3, -0.25) is 9.00 Å². The molecule has 1 aromatic carbocycles. The zero-order chi connectivity index (χ0) is 18.2. The van der Waals surface area contributed by atoms with Crippen molar-refractivity contribution in [1.82, 2.24) is 0 Å². The van der Waals surface area contributed by atoms with E-state index in [-0.39, 0.29) is 27.9 Å². The number of Topliss-reactive ketones (excluding diaryl/α,β-unsaturated/α-hetero) is 1. The number of nitrogens with two attached hydrogens (primary N) is 1. The van der Waals surface area contributed by atoms with Crippen molar-refractivity contribution in [2.24, 2.45) is 17.6 Å². The molecule has 1 saturated carbocycles. The number of halogens is 3. The van der Waals surface area contributed by atoms with Crippen molar-refractivity contribution in [1.29, 1.82) is 0 Å². The number of rotatable bonds is 6. The van der Waals surface area contributed by atoms with E-state index in [1.165, 1.54) is 6.26 Å². The highest BCUT2D eigenvalue weighted by molar-refractivity contribution is 7.84. The van der Waals surface area contributed by atoms with Crippen molar-refractivity contribution in [3.63, 3.8) is 0 Å². The molecule has 132 valence electrons. The lowest BCUT2D eigenvalue weighted by molar-refractivity contribution is -0.137. The van der Waals surface area contributed by atoms with Gasteiger partial charge in [-0.1, -0.05) is 12.6 Å². The van der Waals surface area contributed by atoms with Crippen LogP contribution in [-0.4, -0.2) is 21.4 Å². The maximum Gasteiger partial charge on any atom is 0.416 e. The molecule has 0 heterocycles. The van der Waals surface area contributed by atoms with Crippen LogP contribution in [0, 0.1) is 11.8 Å². The first-order chi connectivity index (χ1) is 11.0. The first kappa shape index (κ1) is 18.7. The van der Waals surface area contributed by atoms with Gasteiger partial charge in [-0.25, -0.2) is 0 Å². The molecule has 0 aliphatic heterocycles. The topological polar surface area (TPSA) is 80.4 Å². The third kappa shape index (κ3) is 3.87. The van der Waals surface area contributed by atoms with Gasteiger partial charge in [-0.05, 0) is 30.5 Å². The molecule has 0 radical (unpaired) electrons. The molecule has 1 aromatic rings. The van der Waals surface area contributed by atoms with Gasteiger partial charge in [0.15, 0.2) is 0 Å². The maximum atomic E-state index is 12.8. The van der Waals surface area contributed by atoms with Gasteiger partial charge in [0.2, 0.25) is 0 Å². The largest absolute Gasteiger partial charge is 0.416 e. The number of ketones is 1. The minimum absolute atomic E-state index is 0.00515. The Labute approximate surface area is 140 Å². The third-order valence-electron chi connectivity index (χ3n) is 3.97. The number of aliphatic hydroxyl groups excluding tert-OH is 1. The Balaban J connectivity index is 2.46. The molecule has 0 amide bonds. The van der Waals surface area contributed by atoms with Crippen LogP contribution in [0.1, 0.15) is 30.1 Å². The SMILES string of the molecule is C=C(N)C(C(=O)C1CC1)C(O)c1ccc(C(F)(F)F)cc1S(C)=O. The number of hydrogen-bond donors (Lipinski definition) is 2. The molecule has 4 nitrogen and oxygen atoms in total. The summed E-state index contributed by atoms with van der Waals surface area (Å²) in [5, 5.41) is 10.5.